The summed E-state index contributed by atoms with van der Waals surface area (Å²) >= 11 is 0. The summed E-state index contributed by atoms with van der Waals surface area (Å²) in [6.45, 7) is 11.4. The molecule has 1 rings (SSSR count). The molecule has 22 heteroatoms. The summed E-state index contributed by atoms with van der Waals surface area (Å²) in [6.07, 6.45) is 2.92. The molecule has 7 amide bonds. The van der Waals surface area contributed by atoms with Crippen LogP contribution >= 0.6 is 0 Å². The fraction of sp³-hybridized carbons (Fsp3) is 0.775. The topological polar surface area (TPSA) is 268 Å². The number of aliphatic hydroxyl groups is 1. The fourth-order valence-electron chi connectivity index (χ4n) is 5.10. The Morgan fingerprint density at radius 1 is 0.597 bits per heavy atom. The summed E-state index contributed by atoms with van der Waals surface area (Å²) < 4.78 is 43.6. The smallest absolute Gasteiger partial charge is 0.253 e. The molecule has 0 aliphatic carbocycles. The molecule has 1 unspecified atom stereocenters. The average Bonchev–Trinajstić information content (AvgIpc) is 3.57. The summed E-state index contributed by atoms with van der Waals surface area (Å²) in [5.74, 6) is -2.97. The Morgan fingerprint density at radius 2 is 1.05 bits per heavy atom. The number of rotatable bonds is 40. The molecule has 0 saturated heterocycles. The van der Waals surface area contributed by atoms with Crippen molar-refractivity contribution in [2.24, 2.45) is 5.92 Å². The first-order valence-electron chi connectivity index (χ1n) is 21.0. The lowest BCUT2D eigenvalue weighted by Crippen LogP contribution is -2.54. The van der Waals surface area contributed by atoms with Crippen molar-refractivity contribution in [1.82, 2.24) is 31.1 Å². The van der Waals surface area contributed by atoms with Crippen molar-refractivity contribution in [2.75, 3.05) is 146 Å². The number of hydrogen-bond acceptors (Lipinski definition) is 16. The van der Waals surface area contributed by atoms with Crippen molar-refractivity contribution in [1.29, 1.82) is 0 Å². The standard InChI is InChI=1S/C40H70N6O16/c1-31(2)38(40(54)43-32(3)39(53)42-10-5-12-45(4)37(52)30-47)44-34(49)9-14-55-16-18-57-20-22-59-24-26-61-28-29-62-27-25-60-23-21-58-19-17-56-15-11-41-33(48)8-13-46-35(50)6-7-36(46)51/h6-7,31-32,38,47H,5,8-30H2,1-4H3,(H,41,48)(H,42,53)(H,43,54)(H,44,49)/t32-,38?/m0/s1. The number of nitrogens with zero attached hydrogens (tertiary/aromatic N) is 2. The third kappa shape index (κ3) is 28.5. The van der Waals surface area contributed by atoms with Crippen LogP contribution in [0.15, 0.2) is 12.2 Å². The number of ether oxygens (including phenoxy) is 8. The van der Waals surface area contributed by atoms with Gasteiger partial charge in [-0.2, -0.15) is 0 Å². The van der Waals surface area contributed by atoms with E-state index in [1.165, 1.54) is 17.1 Å². The van der Waals surface area contributed by atoms with E-state index in [1.807, 2.05) is 0 Å². The summed E-state index contributed by atoms with van der Waals surface area (Å²) in [5, 5.41) is 19.6. The number of amides is 7. The quantitative estimate of drug-likeness (QED) is 0.0316. The summed E-state index contributed by atoms with van der Waals surface area (Å²) in [7, 11) is 1.56. The highest BCUT2D eigenvalue weighted by Crippen LogP contribution is 2.05. The molecule has 0 aromatic heterocycles. The molecule has 356 valence electrons. The molecular weight excluding hydrogens is 820 g/mol. The van der Waals surface area contributed by atoms with E-state index in [4.69, 9.17) is 43.0 Å². The minimum atomic E-state index is -0.841. The van der Waals surface area contributed by atoms with Gasteiger partial charge >= 0.3 is 0 Å². The number of carbonyl (C=O) groups is 7. The molecule has 0 fully saturated rings. The number of likely N-dealkylation sites (N-methyl/N-ethyl adjacent to an activating group) is 1. The molecule has 0 aromatic rings. The van der Waals surface area contributed by atoms with Crippen LogP contribution in [0.1, 0.15) is 40.0 Å². The van der Waals surface area contributed by atoms with Gasteiger partial charge in [0.1, 0.15) is 18.7 Å². The van der Waals surface area contributed by atoms with Gasteiger partial charge in [0.25, 0.3) is 11.8 Å². The zero-order chi connectivity index (χ0) is 45.8. The number of hydrogen-bond donors (Lipinski definition) is 5. The van der Waals surface area contributed by atoms with Crippen LogP contribution in [0.2, 0.25) is 0 Å². The van der Waals surface area contributed by atoms with Gasteiger partial charge in [-0.15, -0.1) is 0 Å². The highest BCUT2D eigenvalue weighted by molar-refractivity contribution is 6.13. The first kappa shape index (κ1) is 55.9. The van der Waals surface area contributed by atoms with Crippen LogP contribution in [0.5, 0.6) is 0 Å². The van der Waals surface area contributed by atoms with Gasteiger partial charge in [-0.25, -0.2) is 0 Å². The third-order valence-electron chi connectivity index (χ3n) is 8.66. The van der Waals surface area contributed by atoms with E-state index < -0.39 is 48.2 Å². The zero-order valence-electron chi connectivity index (χ0n) is 36.8. The van der Waals surface area contributed by atoms with Gasteiger partial charge in [0.2, 0.25) is 29.5 Å². The van der Waals surface area contributed by atoms with Crippen molar-refractivity contribution < 1.29 is 76.6 Å². The van der Waals surface area contributed by atoms with E-state index in [1.54, 1.807) is 27.8 Å². The lowest BCUT2D eigenvalue weighted by atomic mass is 10.0. The largest absolute Gasteiger partial charge is 0.387 e. The van der Waals surface area contributed by atoms with Crippen LogP contribution < -0.4 is 21.3 Å². The molecule has 2 atom stereocenters. The monoisotopic (exact) mass is 890 g/mol. The third-order valence-corrected chi connectivity index (χ3v) is 8.66. The summed E-state index contributed by atoms with van der Waals surface area (Å²) in [5.41, 5.74) is 0. The highest BCUT2D eigenvalue weighted by Gasteiger charge is 2.27. The van der Waals surface area contributed by atoms with Crippen molar-refractivity contribution in [3.05, 3.63) is 12.2 Å². The molecule has 0 spiro atoms. The first-order chi connectivity index (χ1) is 29.9. The van der Waals surface area contributed by atoms with Gasteiger partial charge in [0, 0.05) is 58.2 Å². The predicted octanol–water partition coefficient (Wildman–Crippen LogP) is -2.46. The maximum absolute atomic E-state index is 12.8. The molecule has 1 aliphatic rings. The molecule has 0 aromatic carbocycles. The summed E-state index contributed by atoms with van der Waals surface area (Å²) in [6, 6.07) is -1.68. The zero-order valence-corrected chi connectivity index (χ0v) is 36.8. The van der Waals surface area contributed by atoms with Gasteiger partial charge < -0.3 is 69.2 Å². The molecule has 0 bridgehead atoms. The van der Waals surface area contributed by atoms with E-state index in [2.05, 4.69) is 21.3 Å². The van der Waals surface area contributed by atoms with Gasteiger partial charge in [0.15, 0.2) is 0 Å². The van der Waals surface area contributed by atoms with Crippen LogP contribution in [0, 0.1) is 5.92 Å². The molecule has 22 nitrogen and oxygen atoms in total. The van der Waals surface area contributed by atoms with Gasteiger partial charge in [-0.3, -0.25) is 38.5 Å². The van der Waals surface area contributed by atoms with Gasteiger partial charge in [0.05, 0.1) is 106 Å². The number of aliphatic hydroxyl groups excluding tert-OH is 1. The van der Waals surface area contributed by atoms with E-state index in [0.29, 0.717) is 112 Å². The lowest BCUT2D eigenvalue weighted by Gasteiger charge is -2.24. The van der Waals surface area contributed by atoms with Gasteiger partial charge in [-0.1, -0.05) is 13.8 Å². The maximum Gasteiger partial charge on any atom is 0.253 e. The number of imide groups is 1. The van der Waals surface area contributed by atoms with E-state index in [0.717, 1.165) is 4.90 Å². The Bertz CT molecular complexity index is 1320. The van der Waals surface area contributed by atoms with Crippen LogP contribution in [0.4, 0.5) is 0 Å². The maximum atomic E-state index is 12.8. The second-order valence-corrected chi connectivity index (χ2v) is 14.0. The van der Waals surface area contributed by atoms with E-state index in [-0.39, 0.29) is 56.9 Å². The molecule has 1 heterocycles. The molecular formula is C40H70N6O16. The fourth-order valence-corrected chi connectivity index (χ4v) is 5.10. The predicted molar refractivity (Wildman–Crippen MR) is 221 cm³/mol. The van der Waals surface area contributed by atoms with Crippen molar-refractivity contribution >= 4 is 41.4 Å². The van der Waals surface area contributed by atoms with E-state index >= 15 is 0 Å². The molecule has 62 heavy (non-hydrogen) atoms. The second-order valence-electron chi connectivity index (χ2n) is 14.0. The summed E-state index contributed by atoms with van der Waals surface area (Å²) in [4.78, 5) is 86.2. The highest BCUT2D eigenvalue weighted by atomic mass is 16.6. The Balaban J connectivity index is 1.86. The number of nitrogens with one attached hydrogen (secondary N) is 4. The molecule has 0 radical (unpaired) electrons. The van der Waals surface area contributed by atoms with Crippen LogP contribution in [0.25, 0.3) is 0 Å². The Morgan fingerprint density at radius 3 is 1.50 bits per heavy atom. The SMILES string of the molecule is CC(C)C(NC(=O)CCOCCOCCOCCOCCOCCOCCOCCOCCNC(=O)CCN1C(=O)C=CC1=O)C(=O)N[C@@H](C)C(=O)NCCCN(C)C(=O)CO. The Kier molecular flexibility index (Phi) is 32.8. The Hall–Kier alpha value is -4.13. The van der Waals surface area contributed by atoms with E-state index in [9.17, 15) is 33.6 Å². The van der Waals surface area contributed by atoms with Crippen LogP contribution in [-0.4, -0.2) is 214 Å². The first-order valence-corrected chi connectivity index (χ1v) is 21.0. The van der Waals surface area contributed by atoms with Crippen molar-refractivity contribution in [3.63, 3.8) is 0 Å². The molecule has 1 aliphatic heterocycles. The molecule has 5 N–H and O–H groups in total. The lowest BCUT2D eigenvalue weighted by molar-refractivity contribution is -0.137. The van der Waals surface area contributed by atoms with Crippen LogP contribution in [0.3, 0.4) is 0 Å². The minimum Gasteiger partial charge on any atom is -0.387 e. The normalized spacial score (nSPS) is 13.4. The van der Waals surface area contributed by atoms with Crippen molar-refractivity contribution in [3.8, 4) is 0 Å². The number of carbonyl (C=O) groups excluding carboxylic acids is 7. The van der Waals surface area contributed by atoms with Crippen molar-refractivity contribution in [2.45, 2.75) is 52.1 Å². The second kappa shape index (κ2) is 36.4. The van der Waals surface area contributed by atoms with Gasteiger partial charge in [-0.05, 0) is 19.3 Å². The molecule has 0 saturated carbocycles. The minimum absolute atomic E-state index is 0.0354. The average molecular weight is 891 g/mol. The Labute approximate surface area is 364 Å². The van der Waals surface area contributed by atoms with Crippen LogP contribution in [-0.2, 0) is 71.5 Å².